The number of carbonyl (C=O) groups excluding carboxylic acids is 1. The summed E-state index contributed by atoms with van der Waals surface area (Å²) < 4.78 is 15.9. The van der Waals surface area contributed by atoms with E-state index < -0.39 is 5.79 Å². The molecule has 1 aromatic carbocycles. The number of aryl methyl sites for hydroxylation is 1. The fourth-order valence-electron chi connectivity index (χ4n) is 2.53. The number of benzene rings is 1. The molecule has 0 spiro atoms. The molecule has 1 aromatic rings. The second-order valence-electron chi connectivity index (χ2n) is 4.76. The maximum atomic E-state index is 12.5. The Morgan fingerprint density at radius 1 is 1.05 bits per heavy atom. The molecule has 1 aliphatic carbocycles. The van der Waals surface area contributed by atoms with E-state index >= 15 is 0 Å². The molecule has 0 aromatic heterocycles. The third-order valence-electron chi connectivity index (χ3n) is 3.76. The van der Waals surface area contributed by atoms with Gasteiger partial charge in [-0.1, -0.05) is 30.3 Å². The van der Waals surface area contributed by atoms with Crippen molar-refractivity contribution in [1.29, 1.82) is 0 Å². The Morgan fingerprint density at radius 2 is 1.70 bits per heavy atom. The van der Waals surface area contributed by atoms with Crippen LogP contribution in [0.25, 0.3) is 0 Å². The molecule has 1 aliphatic rings. The van der Waals surface area contributed by atoms with Crippen LogP contribution in [0.15, 0.2) is 41.7 Å². The van der Waals surface area contributed by atoms with E-state index in [2.05, 4.69) is 0 Å². The van der Waals surface area contributed by atoms with Crippen molar-refractivity contribution in [3.63, 3.8) is 0 Å². The second-order valence-corrected chi connectivity index (χ2v) is 4.76. The average Bonchev–Trinajstić information content (AvgIpc) is 2.78. The van der Waals surface area contributed by atoms with E-state index in [4.69, 9.17) is 14.2 Å². The SMILES string of the molecule is COC1=C(CCc2ccccc2)C(=O)C(OC)(OC)C1. The summed E-state index contributed by atoms with van der Waals surface area (Å²) in [6.45, 7) is 0. The lowest BCUT2D eigenvalue weighted by Gasteiger charge is -2.24. The summed E-state index contributed by atoms with van der Waals surface area (Å²) in [6, 6.07) is 10.1. The molecule has 0 heterocycles. The molecular weight excluding hydrogens is 256 g/mol. The molecule has 0 unspecified atom stereocenters. The molecule has 4 heteroatoms. The van der Waals surface area contributed by atoms with Gasteiger partial charge in [0.2, 0.25) is 11.6 Å². The first-order chi connectivity index (χ1) is 9.66. The van der Waals surface area contributed by atoms with Gasteiger partial charge >= 0.3 is 0 Å². The van der Waals surface area contributed by atoms with Crippen molar-refractivity contribution in [3.05, 3.63) is 47.2 Å². The monoisotopic (exact) mass is 276 g/mol. The van der Waals surface area contributed by atoms with Crippen molar-refractivity contribution in [2.24, 2.45) is 0 Å². The summed E-state index contributed by atoms with van der Waals surface area (Å²) >= 11 is 0. The van der Waals surface area contributed by atoms with Gasteiger partial charge < -0.3 is 14.2 Å². The highest BCUT2D eigenvalue weighted by molar-refractivity contribution is 6.04. The molecule has 0 N–H and O–H groups in total. The van der Waals surface area contributed by atoms with Crippen molar-refractivity contribution < 1.29 is 19.0 Å². The summed E-state index contributed by atoms with van der Waals surface area (Å²) in [7, 11) is 4.54. The highest BCUT2D eigenvalue weighted by Crippen LogP contribution is 2.37. The third kappa shape index (κ3) is 2.62. The highest BCUT2D eigenvalue weighted by atomic mass is 16.7. The van der Waals surface area contributed by atoms with Crippen LogP contribution in [0.2, 0.25) is 0 Å². The lowest BCUT2D eigenvalue weighted by Crippen LogP contribution is -2.39. The lowest BCUT2D eigenvalue weighted by molar-refractivity contribution is -0.200. The summed E-state index contributed by atoms with van der Waals surface area (Å²) in [5, 5.41) is 0. The molecule has 0 radical (unpaired) electrons. The number of rotatable bonds is 6. The maximum Gasteiger partial charge on any atom is 0.240 e. The van der Waals surface area contributed by atoms with E-state index in [0.717, 1.165) is 6.42 Å². The molecule has 0 saturated carbocycles. The minimum atomic E-state index is -1.21. The van der Waals surface area contributed by atoms with Crippen molar-refractivity contribution in [2.75, 3.05) is 21.3 Å². The number of hydrogen-bond donors (Lipinski definition) is 0. The molecule has 108 valence electrons. The van der Waals surface area contributed by atoms with Crippen LogP contribution >= 0.6 is 0 Å². The Morgan fingerprint density at radius 3 is 2.25 bits per heavy atom. The van der Waals surface area contributed by atoms with Crippen LogP contribution in [0.3, 0.4) is 0 Å². The van der Waals surface area contributed by atoms with Gasteiger partial charge in [0.1, 0.15) is 5.76 Å². The quantitative estimate of drug-likeness (QED) is 0.749. The van der Waals surface area contributed by atoms with Gasteiger partial charge in [-0.05, 0) is 18.4 Å². The molecule has 20 heavy (non-hydrogen) atoms. The van der Waals surface area contributed by atoms with Gasteiger partial charge in [-0.15, -0.1) is 0 Å². The van der Waals surface area contributed by atoms with Gasteiger partial charge in [-0.25, -0.2) is 0 Å². The zero-order valence-electron chi connectivity index (χ0n) is 12.1. The van der Waals surface area contributed by atoms with E-state index in [0.29, 0.717) is 24.2 Å². The normalized spacial score (nSPS) is 17.6. The van der Waals surface area contributed by atoms with E-state index in [9.17, 15) is 4.79 Å². The molecule has 4 nitrogen and oxygen atoms in total. The number of hydrogen-bond acceptors (Lipinski definition) is 4. The predicted octanol–water partition coefficient (Wildman–Crippen LogP) is 2.48. The molecule has 0 bridgehead atoms. The van der Waals surface area contributed by atoms with Crippen LogP contribution in [0.1, 0.15) is 18.4 Å². The number of methoxy groups -OCH3 is 3. The van der Waals surface area contributed by atoms with E-state index in [1.807, 2.05) is 30.3 Å². The number of ketones is 1. The molecule has 0 amide bonds. The van der Waals surface area contributed by atoms with E-state index in [1.54, 1.807) is 7.11 Å². The zero-order valence-corrected chi connectivity index (χ0v) is 12.1. The lowest BCUT2D eigenvalue weighted by atomic mass is 10.0. The summed E-state index contributed by atoms with van der Waals surface area (Å²) in [5.41, 5.74) is 1.86. The molecular formula is C16H20O4. The summed E-state index contributed by atoms with van der Waals surface area (Å²) in [4.78, 5) is 12.5. The van der Waals surface area contributed by atoms with Crippen molar-refractivity contribution >= 4 is 5.78 Å². The highest BCUT2D eigenvalue weighted by Gasteiger charge is 2.48. The van der Waals surface area contributed by atoms with E-state index in [-0.39, 0.29) is 5.78 Å². The Bertz CT molecular complexity index is 500. The first-order valence-electron chi connectivity index (χ1n) is 6.62. The van der Waals surface area contributed by atoms with E-state index in [1.165, 1.54) is 19.8 Å². The predicted molar refractivity (Wildman–Crippen MR) is 75.2 cm³/mol. The van der Waals surface area contributed by atoms with Gasteiger partial charge in [0.15, 0.2) is 0 Å². The van der Waals surface area contributed by atoms with Crippen LogP contribution in [0, 0.1) is 0 Å². The Labute approximate surface area is 119 Å². The number of carbonyl (C=O) groups is 1. The van der Waals surface area contributed by atoms with Crippen LogP contribution in [0.5, 0.6) is 0 Å². The second kappa shape index (κ2) is 6.20. The van der Waals surface area contributed by atoms with Crippen LogP contribution in [-0.4, -0.2) is 32.9 Å². The maximum absolute atomic E-state index is 12.5. The summed E-state index contributed by atoms with van der Waals surface area (Å²) in [5.74, 6) is -0.679. The molecule has 0 atom stereocenters. The van der Waals surface area contributed by atoms with Crippen molar-refractivity contribution in [1.82, 2.24) is 0 Å². The smallest absolute Gasteiger partial charge is 0.240 e. The van der Waals surface area contributed by atoms with Crippen molar-refractivity contribution in [2.45, 2.75) is 25.0 Å². The minimum absolute atomic E-state index is 0.129. The molecule has 0 saturated heterocycles. The Kier molecular flexibility index (Phi) is 4.57. The Balaban J connectivity index is 2.14. The van der Waals surface area contributed by atoms with Gasteiger partial charge in [0.05, 0.1) is 13.5 Å². The standard InChI is InChI=1S/C16H20O4/c1-18-14-11-16(19-2,20-3)15(17)13(14)10-9-12-7-5-4-6-8-12/h4-8H,9-11H2,1-3H3. The zero-order chi connectivity index (χ0) is 14.6. The first kappa shape index (κ1) is 14.8. The third-order valence-corrected chi connectivity index (χ3v) is 3.76. The molecule has 2 rings (SSSR count). The van der Waals surface area contributed by atoms with Crippen LogP contribution in [0.4, 0.5) is 0 Å². The topological polar surface area (TPSA) is 44.8 Å². The first-order valence-corrected chi connectivity index (χ1v) is 6.62. The van der Waals surface area contributed by atoms with Crippen LogP contribution < -0.4 is 0 Å². The van der Waals surface area contributed by atoms with Gasteiger partial charge in [-0.2, -0.15) is 0 Å². The molecule has 0 aliphatic heterocycles. The van der Waals surface area contributed by atoms with Crippen LogP contribution in [-0.2, 0) is 25.4 Å². The fourth-order valence-corrected chi connectivity index (χ4v) is 2.53. The molecule has 0 fully saturated rings. The van der Waals surface area contributed by atoms with Crippen molar-refractivity contribution in [3.8, 4) is 0 Å². The average molecular weight is 276 g/mol. The summed E-state index contributed by atoms with van der Waals surface area (Å²) in [6.07, 6.45) is 1.75. The van der Waals surface area contributed by atoms with Gasteiger partial charge in [0, 0.05) is 19.8 Å². The Hall–Kier alpha value is -1.65. The number of ether oxygens (including phenoxy) is 3. The largest absolute Gasteiger partial charge is 0.500 e. The van der Waals surface area contributed by atoms with Gasteiger partial charge in [-0.3, -0.25) is 4.79 Å². The fraction of sp³-hybridized carbons (Fsp3) is 0.438. The minimum Gasteiger partial charge on any atom is -0.500 e. The number of Topliss-reactive ketones (excluding diaryl/α,β-unsaturated/α-hetero) is 1. The van der Waals surface area contributed by atoms with Gasteiger partial charge in [0.25, 0.3) is 0 Å².